The van der Waals surface area contributed by atoms with Crippen LogP contribution in [0.15, 0.2) is 199 Å². The van der Waals surface area contributed by atoms with Crippen LogP contribution in [0.4, 0.5) is 0 Å². The lowest BCUT2D eigenvalue weighted by Gasteiger charge is -2.15. The number of benzene rings is 7. The average molecular weight is 735 g/mol. The lowest BCUT2D eigenvalue weighted by atomic mass is 9.91. The zero-order chi connectivity index (χ0) is 37.0. The Bertz CT molecular complexity index is 2990. The molecule has 1 aliphatic carbocycles. The van der Waals surface area contributed by atoms with Gasteiger partial charge in [-0.2, -0.15) is 0 Å². The highest BCUT2D eigenvalue weighted by atomic mass is 32.2. The molecule has 4 nitrogen and oxygen atoms in total. The fourth-order valence-corrected chi connectivity index (χ4v) is 9.54. The molecule has 1 aliphatic heterocycles. The summed E-state index contributed by atoms with van der Waals surface area (Å²) in [4.78, 5) is 16.6. The molecule has 5 heteroatoms. The summed E-state index contributed by atoms with van der Waals surface area (Å²) in [6, 6.07) is 60.4. The van der Waals surface area contributed by atoms with Crippen molar-refractivity contribution < 1.29 is 0 Å². The van der Waals surface area contributed by atoms with E-state index in [0.29, 0.717) is 28.6 Å². The molecule has 0 radical (unpaired) electrons. The van der Waals surface area contributed by atoms with Gasteiger partial charge in [0.05, 0.1) is 11.0 Å². The van der Waals surface area contributed by atoms with Crippen LogP contribution in [0, 0.1) is 0 Å². The SMILES string of the molecule is C1=CC2c3cc(-c4nc(-c5ccccc5)nc(-c5ccc(-n6c7ccc(-c8ccccc8)cc7c7ccc(-c8ccccc8)cc76)cc5)n4)ccc3S[C@@H]2C=C1. The molecule has 9 aromatic rings. The molecule has 0 saturated carbocycles. The summed E-state index contributed by atoms with van der Waals surface area (Å²) in [7, 11) is 0. The number of hydrogen-bond acceptors (Lipinski definition) is 4. The van der Waals surface area contributed by atoms with Gasteiger partial charge in [-0.05, 0) is 82.4 Å². The van der Waals surface area contributed by atoms with Gasteiger partial charge in [0.25, 0.3) is 0 Å². The van der Waals surface area contributed by atoms with Crippen molar-refractivity contribution >= 4 is 33.6 Å². The molecule has 0 saturated heterocycles. The largest absolute Gasteiger partial charge is 0.309 e. The molecule has 264 valence electrons. The number of hydrogen-bond donors (Lipinski definition) is 0. The van der Waals surface area contributed by atoms with Crippen molar-refractivity contribution in [2.45, 2.75) is 16.1 Å². The Morgan fingerprint density at radius 1 is 0.411 bits per heavy atom. The van der Waals surface area contributed by atoms with Gasteiger partial charge in [-0.3, -0.25) is 0 Å². The molecule has 2 aromatic heterocycles. The van der Waals surface area contributed by atoms with Crippen LogP contribution in [0.1, 0.15) is 11.5 Å². The van der Waals surface area contributed by atoms with Crippen LogP contribution in [0.2, 0.25) is 0 Å². The van der Waals surface area contributed by atoms with Crippen LogP contribution in [0.3, 0.4) is 0 Å². The summed E-state index contributed by atoms with van der Waals surface area (Å²) >= 11 is 1.93. The third-order valence-corrected chi connectivity index (χ3v) is 12.4. The zero-order valence-electron chi connectivity index (χ0n) is 30.3. The quantitative estimate of drug-likeness (QED) is 0.171. The van der Waals surface area contributed by atoms with E-state index >= 15 is 0 Å². The van der Waals surface area contributed by atoms with Crippen molar-refractivity contribution in [1.29, 1.82) is 0 Å². The standard InChI is InChI=1S/C51H34N4S/c1-4-12-33(13-5-1)37-23-28-45-43(30-37)41-27-22-38(34-14-6-2-7-15-34)32-46(41)55(45)40-25-20-36(21-26-40)50-52-49(35-16-8-3-9-17-35)53-51(54-50)39-24-29-48-44(31-39)42-18-10-11-19-47(42)56-48/h1-32,42,47H/t42?,47-/m1/s1. The lowest BCUT2D eigenvalue weighted by molar-refractivity contribution is 0.880. The van der Waals surface area contributed by atoms with Crippen molar-refractivity contribution in [3.63, 3.8) is 0 Å². The highest BCUT2D eigenvalue weighted by Gasteiger charge is 2.31. The molecule has 3 heterocycles. The Balaban J connectivity index is 1.04. The molecular weight excluding hydrogens is 701 g/mol. The van der Waals surface area contributed by atoms with Crippen molar-refractivity contribution in [2.75, 3.05) is 0 Å². The fourth-order valence-electron chi connectivity index (χ4n) is 8.21. The molecule has 56 heavy (non-hydrogen) atoms. The molecule has 0 amide bonds. The number of thioether (sulfide) groups is 1. The minimum Gasteiger partial charge on any atom is -0.309 e. The third-order valence-electron chi connectivity index (χ3n) is 11.0. The molecule has 0 bridgehead atoms. The van der Waals surface area contributed by atoms with Crippen LogP contribution in [-0.4, -0.2) is 24.8 Å². The highest BCUT2D eigenvalue weighted by Crippen LogP contribution is 2.49. The summed E-state index contributed by atoms with van der Waals surface area (Å²) in [5.74, 6) is 2.34. The lowest BCUT2D eigenvalue weighted by Crippen LogP contribution is -2.07. The van der Waals surface area contributed by atoms with Crippen molar-refractivity contribution in [3.8, 4) is 62.1 Å². The molecular formula is C51H34N4S. The van der Waals surface area contributed by atoms with Gasteiger partial charge in [-0.1, -0.05) is 140 Å². The second kappa shape index (κ2) is 13.5. The highest BCUT2D eigenvalue weighted by molar-refractivity contribution is 8.00. The van der Waals surface area contributed by atoms with Crippen LogP contribution in [0.25, 0.3) is 83.9 Å². The Labute approximate surface area is 329 Å². The molecule has 0 fully saturated rings. The summed E-state index contributed by atoms with van der Waals surface area (Å²) in [5, 5.41) is 2.87. The predicted molar refractivity (Wildman–Crippen MR) is 232 cm³/mol. The van der Waals surface area contributed by atoms with E-state index in [2.05, 4.69) is 181 Å². The van der Waals surface area contributed by atoms with E-state index in [1.165, 1.54) is 43.5 Å². The fraction of sp³-hybridized carbons (Fsp3) is 0.0392. The van der Waals surface area contributed by atoms with Gasteiger partial charge in [-0.25, -0.2) is 15.0 Å². The predicted octanol–water partition coefficient (Wildman–Crippen LogP) is 13.0. The molecule has 2 atom stereocenters. The summed E-state index contributed by atoms with van der Waals surface area (Å²) in [6.07, 6.45) is 8.93. The molecule has 1 unspecified atom stereocenters. The second-order valence-corrected chi connectivity index (χ2v) is 15.6. The van der Waals surface area contributed by atoms with E-state index in [4.69, 9.17) is 15.0 Å². The van der Waals surface area contributed by atoms with Gasteiger partial charge in [0, 0.05) is 49.2 Å². The Morgan fingerprint density at radius 3 is 1.66 bits per heavy atom. The van der Waals surface area contributed by atoms with Crippen LogP contribution >= 0.6 is 11.8 Å². The first-order chi connectivity index (χ1) is 27.7. The number of rotatable bonds is 6. The molecule has 2 aliphatic rings. The molecule has 11 rings (SSSR count). The molecule has 0 N–H and O–H groups in total. The molecule has 0 spiro atoms. The average Bonchev–Trinajstić information content (AvgIpc) is 3.82. The van der Waals surface area contributed by atoms with Gasteiger partial charge in [-0.15, -0.1) is 11.8 Å². The zero-order valence-corrected chi connectivity index (χ0v) is 31.1. The third kappa shape index (κ3) is 5.67. The van der Waals surface area contributed by atoms with Crippen molar-refractivity contribution in [1.82, 2.24) is 19.5 Å². The summed E-state index contributed by atoms with van der Waals surface area (Å²) in [6.45, 7) is 0. The van der Waals surface area contributed by atoms with Crippen LogP contribution in [0.5, 0.6) is 0 Å². The maximum Gasteiger partial charge on any atom is 0.164 e. The van der Waals surface area contributed by atoms with Gasteiger partial charge in [0.1, 0.15) is 0 Å². The van der Waals surface area contributed by atoms with E-state index in [-0.39, 0.29) is 0 Å². The number of fused-ring (bicyclic) bond motifs is 6. The van der Waals surface area contributed by atoms with Gasteiger partial charge in [0.2, 0.25) is 0 Å². The minimum atomic E-state index is 0.358. The maximum absolute atomic E-state index is 5.14. The van der Waals surface area contributed by atoms with E-state index in [9.17, 15) is 0 Å². The van der Waals surface area contributed by atoms with Crippen LogP contribution in [-0.2, 0) is 0 Å². The van der Waals surface area contributed by atoms with Crippen LogP contribution < -0.4 is 0 Å². The minimum absolute atomic E-state index is 0.358. The topological polar surface area (TPSA) is 43.6 Å². The summed E-state index contributed by atoms with van der Waals surface area (Å²) < 4.78 is 2.38. The van der Waals surface area contributed by atoms with Gasteiger partial charge in [0.15, 0.2) is 17.5 Å². The number of nitrogens with zero attached hydrogens (tertiary/aromatic N) is 4. The normalized spacial score (nSPS) is 15.6. The number of aromatic nitrogens is 4. The summed E-state index contributed by atoms with van der Waals surface area (Å²) in [5.41, 5.74) is 12.4. The van der Waals surface area contributed by atoms with E-state index in [1.807, 2.05) is 30.0 Å². The van der Waals surface area contributed by atoms with Crippen molar-refractivity contribution in [3.05, 3.63) is 200 Å². The van der Waals surface area contributed by atoms with E-state index in [1.54, 1.807) is 0 Å². The number of allylic oxidation sites excluding steroid dienone is 3. The van der Waals surface area contributed by atoms with Gasteiger partial charge < -0.3 is 4.57 Å². The van der Waals surface area contributed by atoms with Gasteiger partial charge >= 0.3 is 0 Å². The maximum atomic E-state index is 5.14. The monoisotopic (exact) mass is 734 g/mol. The Morgan fingerprint density at radius 2 is 0.964 bits per heavy atom. The Hall–Kier alpha value is -6.82. The molecule has 7 aromatic carbocycles. The van der Waals surface area contributed by atoms with Crippen molar-refractivity contribution in [2.24, 2.45) is 0 Å². The first-order valence-corrected chi connectivity index (χ1v) is 19.9. The van der Waals surface area contributed by atoms with E-state index in [0.717, 1.165) is 33.4 Å². The smallest absolute Gasteiger partial charge is 0.164 e. The Kier molecular flexibility index (Phi) is 7.85. The first kappa shape index (κ1) is 32.6. The first-order valence-electron chi connectivity index (χ1n) is 19.0. The van der Waals surface area contributed by atoms with E-state index < -0.39 is 0 Å². The second-order valence-electron chi connectivity index (χ2n) is 14.4.